The van der Waals surface area contributed by atoms with Crippen molar-refractivity contribution in [1.82, 2.24) is 18.8 Å². The van der Waals surface area contributed by atoms with Crippen LogP contribution in [0.15, 0.2) is 88.7 Å². The highest BCUT2D eigenvalue weighted by atomic mass is 32.2. The SMILES string of the molecule is O=C(NCCOc1ccc(S(=O)(=O)N2CCCCC2)cc1)c1ccc(CN2CCN(S(=O)(=O)c3ccccc3)CC2)cc1. The monoisotopic (exact) mass is 626 g/mol. The van der Waals surface area contributed by atoms with Gasteiger partial charge in [-0.3, -0.25) is 9.69 Å². The van der Waals surface area contributed by atoms with Gasteiger partial charge in [-0.1, -0.05) is 36.8 Å². The molecule has 1 N–H and O–H groups in total. The van der Waals surface area contributed by atoms with E-state index in [1.807, 2.05) is 12.1 Å². The fourth-order valence-corrected chi connectivity index (χ4v) is 8.25. The van der Waals surface area contributed by atoms with Gasteiger partial charge in [-0.25, -0.2) is 16.8 Å². The van der Waals surface area contributed by atoms with E-state index in [0.29, 0.717) is 68.6 Å². The molecule has 0 unspecified atom stereocenters. The van der Waals surface area contributed by atoms with Crippen molar-refractivity contribution < 1.29 is 26.4 Å². The van der Waals surface area contributed by atoms with Crippen LogP contribution < -0.4 is 10.1 Å². The summed E-state index contributed by atoms with van der Waals surface area (Å²) in [6.07, 6.45) is 2.84. The Bertz CT molecular complexity index is 1570. The van der Waals surface area contributed by atoms with Crippen molar-refractivity contribution in [3.63, 3.8) is 0 Å². The van der Waals surface area contributed by atoms with Crippen molar-refractivity contribution >= 4 is 26.0 Å². The summed E-state index contributed by atoms with van der Waals surface area (Å²) in [5.74, 6) is 0.326. The van der Waals surface area contributed by atoms with Gasteiger partial charge in [0.25, 0.3) is 5.91 Å². The number of hydrogen-bond acceptors (Lipinski definition) is 7. The van der Waals surface area contributed by atoms with Gasteiger partial charge in [0.05, 0.1) is 16.3 Å². The molecule has 2 fully saturated rings. The normalized spacial score (nSPS) is 17.4. The van der Waals surface area contributed by atoms with Crippen LogP contribution in [0.1, 0.15) is 35.2 Å². The molecular weight excluding hydrogens is 588 g/mol. The van der Waals surface area contributed by atoms with E-state index >= 15 is 0 Å². The molecule has 0 saturated carbocycles. The smallest absolute Gasteiger partial charge is 0.251 e. The third kappa shape index (κ3) is 7.81. The first-order valence-electron chi connectivity index (χ1n) is 14.6. The Morgan fingerprint density at radius 3 is 1.88 bits per heavy atom. The van der Waals surface area contributed by atoms with Gasteiger partial charge < -0.3 is 10.1 Å². The molecule has 3 aromatic rings. The van der Waals surface area contributed by atoms with Gasteiger partial charge in [-0.2, -0.15) is 8.61 Å². The zero-order valence-electron chi connectivity index (χ0n) is 24.1. The predicted octanol–water partition coefficient (Wildman–Crippen LogP) is 3.18. The number of nitrogens with one attached hydrogen (secondary N) is 1. The molecule has 43 heavy (non-hydrogen) atoms. The van der Waals surface area contributed by atoms with Crippen molar-refractivity contribution in [2.75, 3.05) is 52.4 Å². The maximum absolute atomic E-state index is 12.9. The van der Waals surface area contributed by atoms with Crippen molar-refractivity contribution in [2.45, 2.75) is 35.6 Å². The van der Waals surface area contributed by atoms with E-state index in [0.717, 1.165) is 24.8 Å². The second-order valence-electron chi connectivity index (χ2n) is 10.7. The predicted molar refractivity (Wildman–Crippen MR) is 164 cm³/mol. The van der Waals surface area contributed by atoms with Crippen molar-refractivity contribution in [3.05, 3.63) is 90.0 Å². The van der Waals surface area contributed by atoms with E-state index in [4.69, 9.17) is 4.74 Å². The van der Waals surface area contributed by atoms with E-state index in [1.54, 1.807) is 66.7 Å². The Morgan fingerprint density at radius 1 is 0.674 bits per heavy atom. The summed E-state index contributed by atoms with van der Waals surface area (Å²) < 4.78 is 60.1. The summed E-state index contributed by atoms with van der Waals surface area (Å²) in [6, 6.07) is 22.3. The molecule has 3 aromatic carbocycles. The van der Waals surface area contributed by atoms with Crippen LogP contribution in [0.5, 0.6) is 5.75 Å². The average Bonchev–Trinajstić information content (AvgIpc) is 3.04. The molecule has 2 aliphatic heterocycles. The van der Waals surface area contributed by atoms with Crippen molar-refractivity contribution in [3.8, 4) is 5.75 Å². The number of nitrogens with zero attached hydrogens (tertiary/aromatic N) is 3. The maximum atomic E-state index is 12.9. The summed E-state index contributed by atoms with van der Waals surface area (Å²) in [7, 11) is -6.96. The molecule has 0 aliphatic carbocycles. The number of ether oxygens (including phenoxy) is 1. The lowest BCUT2D eigenvalue weighted by molar-refractivity contribution is 0.0947. The molecule has 1 amide bonds. The number of benzene rings is 3. The fourth-order valence-electron chi connectivity index (χ4n) is 5.29. The number of piperazine rings is 1. The Kier molecular flexibility index (Phi) is 10.1. The zero-order chi connectivity index (χ0) is 30.3. The molecule has 5 rings (SSSR count). The molecule has 230 valence electrons. The Hall–Kier alpha value is -3.29. The minimum Gasteiger partial charge on any atom is -0.492 e. The van der Waals surface area contributed by atoms with E-state index in [2.05, 4.69) is 10.2 Å². The first-order chi connectivity index (χ1) is 20.7. The second-order valence-corrected chi connectivity index (χ2v) is 14.6. The number of rotatable bonds is 11. The summed E-state index contributed by atoms with van der Waals surface area (Å²) in [5.41, 5.74) is 1.58. The van der Waals surface area contributed by atoms with E-state index in [-0.39, 0.29) is 17.4 Å². The number of carbonyl (C=O) groups is 1. The second kappa shape index (κ2) is 14.0. The van der Waals surface area contributed by atoms with Gasteiger partial charge >= 0.3 is 0 Å². The van der Waals surface area contributed by atoms with Crippen LogP contribution in [0.3, 0.4) is 0 Å². The van der Waals surface area contributed by atoms with Crippen LogP contribution in [0.25, 0.3) is 0 Å². The Labute approximate surface area is 254 Å². The minimum atomic E-state index is -3.48. The van der Waals surface area contributed by atoms with E-state index < -0.39 is 20.0 Å². The van der Waals surface area contributed by atoms with Crippen LogP contribution in [0.2, 0.25) is 0 Å². The number of amides is 1. The molecule has 2 heterocycles. The fraction of sp³-hybridized carbons (Fsp3) is 0.387. The topological polar surface area (TPSA) is 116 Å². The molecule has 0 aromatic heterocycles. The molecular formula is C31H38N4O6S2. The Balaban J connectivity index is 1.03. The average molecular weight is 627 g/mol. The highest BCUT2D eigenvalue weighted by Crippen LogP contribution is 2.23. The third-order valence-electron chi connectivity index (χ3n) is 7.77. The molecule has 0 bridgehead atoms. The molecule has 12 heteroatoms. The lowest BCUT2D eigenvalue weighted by atomic mass is 10.1. The number of hydrogen-bond donors (Lipinski definition) is 1. The first-order valence-corrected chi connectivity index (χ1v) is 17.5. The largest absolute Gasteiger partial charge is 0.492 e. The van der Waals surface area contributed by atoms with Gasteiger partial charge in [0.2, 0.25) is 20.0 Å². The molecule has 2 aliphatic rings. The summed E-state index contributed by atoms with van der Waals surface area (Å²) in [6.45, 7) is 4.46. The number of sulfonamides is 2. The summed E-state index contributed by atoms with van der Waals surface area (Å²) >= 11 is 0. The van der Waals surface area contributed by atoms with Crippen LogP contribution in [-0.4, -0.2) is 88.7 Å². The number of carbonyl (C=O) groups excluding carboxylic acids is 1. The molecule has 2 saturated heterocycles. The van der Waals surface area contributed by atoms with Crippen LogP contribution in [-0.2, 0) is 26.6 Å². The van der Waals surface area contributed by atoms with E-state index in [9.17, 15) is 21.6 Å². The molecule has 0 radical (unpaired) electrons. The van der Waals surface area contributed by atoms with Crippen molar-refractivity contribution in [2.24, 2.45) is 0 Å². The quantitative estimate of drug-likeness (QED) is 0.325. The Morgan fingerprint density at radius 2 is 1.26 bits per heavy atom. The lowest BCUT2D eigenvalue weighted by Crippen LogP contribution is -2.48. The minimum absolute atomic E-state index is 0.210. The highest BCUT2D eigenvalue weighted by molar-refractivity contribution is 7.89. The van der Waals surface area contributed by atoms with Gasteiger partial charge in [-0.05, 0) is 66.9 Å². The summed E-state index contributed by atoms with van der Waals surface area (Å²) in [5, 5.41) is 2.84. The molecule has 0 spiro atoms. The van der Waals surface area contributed by atoms with Crippen LogP contribution >= 0.6 is 0 Å². The summed E-state index contributed by atoms with van der Waals surface area (Å²) in [4.78, 5) is 15.4. The maximum Gasteiger partial charge on any atom is 0.251 e. The molecule has 10 nitrogen and oxygen atoms in total. The molecule has 0 atom stereocenters. The highest BCUT2D eigenvalue weighted by Gasteiger charge is 2.28. The lowest BCUT2D eigenvalue weighted by Gasteiger charge is -2.34. The van der Waals surface area contributed by atoms with Gasteiger partial charge in [0.1, 0.15) is 12.4 Å². The standard InChI is InChI=1S/C31H38N4O6S2/c36-31(32-17-24-41-28-13-15-30(16-14-28)43(39,40)34-18-5-2-6-19-34)27-11-9-26(10-12-27)25-33-20-22-35(23-21-33)42(37,38)29-7-3-1-4-8-29/h1,3-4,7-16H,2,5-6,17-25H2,(H,32,36). The zero-order valence-corrected chi connectivity index (χ0v) is 25.7. The first kappa shape index (κ1) is 31.1. The van der Waals surface area contributed by atoms with Crippen LogP contribution in [0.4, 0.5) is 0 Å². The van der Waals surface area contributed by atoms with Crippen molar-refractivity contribution in [1.29, 1.82) is 0 Å². The third-order valence-corrected chi connectivity index (χ3v) is 11.6. The van der Waals surface area contributed by atoms with Gasteiger partial charge in [-0.15, -0.1) is 0 Å². The number of piperidine rings is 1. The van der Waals surface area contributed by atoms with Gasteiger partial charge in [0, 0.05) is 51.4 Å². The van der Waals surface area contributed by atoms with Gasteiger partial charge in [0.15, 0.2) is 0 Å². The van der Waals surface area contributed by atoms with Crippen LogP contribution in [0, 0.1) is 0 Å². The van der Waals surface area contributed by atoms with E-state index in [1.165, 1.54) is 8.61 Å².